The Labute approximate surface area is 148 Å². The Balaban J connectivity index is 1.45. The fourth-order valence-corrected chi connectivity index (χ4v) is 4.79. The zero-order valence-electron chi connectivity index (χ0n) is 14.7. The minimum absolute atomic E-state index is 0.449. The maximum atomic E-state index is 6.17. The quantitative estimate of drug-likeness (QED) is 0.640. The molecular weight excluding hydrogens is 310 g/mol. The minimum atomic E-state index is 0.449. The molecule has 3 saturated carbocycles. The van der Waals surface area contributed by atoms with E-state index in [0.717, 1.165) is 41.0 Å². The van der Waals surface area contributed by atoms with Crippen LogP contribution in [0, 0.1) is 18.8 Å². The van der Waals surface area contributed by atoms with Crippen LogP contribution in [-0.4, -0.2) is 12.1 Å². The van der Waals surface area contributed by atoms with Crippen LogP contribution >= 0.6 is 0 Å². The van der Waals surface area contributed by atoms with Gasteiger partial charge in [0.1, 0.15) is 11.3 Å². The van der Waals surface area contributed by atoms with Crippen LogP contribution in [-0.2, 0) is 0 Å². The molecule has 0 amide bonds. The Morgan fingerprint density at radius 1 is 0.960 bits per heavy atom. The van der Waals surface area contributed by atoms with Crippen molar-refractivity contribution in [3.8, 4) is 5.75 Å². The minimum Gasteiger partial charge on any atom is -0.497 e. The van der Waals surface area contributed by atoms with Crippen molar-refractivity contribution >= 4 is 11.1 Å². The lowest BCUT2D eigenvalue weighted by Crippen LogP contribution is -2.40. The second-order valence-electron chi connectivity index (χ2n) is 7.74. The van der Waals surface area contributed by atoms with Crippen molar-refractivity contribution < 1.29 is 9.15 Å². The Kier molecular flexibility index (Phi) is 3.37. The van der Waals surface area contributed by atoms with Gasteiger partial charge in [0.25, 0.3) is 0 Å². The Hall–Kier alpha value is -2.29. The molecule has 128 valence electrons. The summed E-state index contributed by atoms with van der Waals surface area (Å²) in [7, 11) is 1.72. The van der Waals surface area contributed by atoms with Gasteiger partial charge in [0.15, 0.2) is 11.5 Å². The predicted molar refractivity (Wildman–Crippen MR) is 98.1 cm³/mol. The fraction of sp³-hybridized carbons (Fsp3) is 0.409. The van der Waals surface area contributed by atoms with E-state index in [0.29, 0.717) is 11.8 Å². The highest BCUT2D eigenvalue weighted by Crippen LogP contribution is 2.59. The van der Waals surface area contributed by atoms with Gasteiger partial charge in [-0.05, 0) is 79.3 Å². The molecule has 2 aromatic carbocycles. The van der Waals surface area contributed by atoms with Crippen molar-refractivity contribution in [2.24, 2.45) is 11.8 Å². The van der Waals surface area contributed by atoms with Gasteiger partial charge in [0, 0.05) is 5.92 Å². The molecule has 25 heavy (non-hydrogen) atoms. The molecule has 0 aliphatic heterocycles. The summed E-state index contributed by atoms with van der Waals surface area (Å²) in [5.74, 6) is 4.50. The largest absolute Gasteiger partial charge is 0.497 e. The summed E-state index contributed by atoms with van der Waals surface area (Å²) in [6, 6.07) is 14.9. The number of ether oxygens (including phenoxy) is 1. The second kappa shape index (κ2) is 5.62. The van der Waals surface area contributed by atoms with Crippen LogP contribution in [0.4, 0.5) is 0 Å². The summed E-state index contributed by atoms with van der Waals surface area (Å²) < 4.78 is 11.5. The summed E-state index contributed by atoms with van der Waals surface area (Å²) in [5.41, 5.74) is 4.57. The van der Waals surface area contributed by atoms with Crippen LogP contribution in [0.15, 0.2) is 46.9 Å². The molecule has 3 aliphatic carbocycles. The number of nitrogens with zero attached hydrogens (tertiary/aromatic N) is 1. The van der Waals surface area contributed by atoms with E-state index in [1.165, 1.54) is 24.0 Å². The van der Waals surface area contributed by atoms with Gasteiger partial charge in [-0.25, -0.2) is 4.98 Å². The van der Waals surface area contributed by atoms with Crippen molar-refractivity contribution in [2.45, 2.75) is 38.0 Å². The average molecular weight is 333 g/mol. The Bertz CT molecular complexity index is 905. The first-order valence-corrected chi connectivity index (χ1v) is 9.22. The lowest BCUT2D eigenvalue weighted by atomic mass is 9.54. The lowest BCUT2D eigenvalue weighted by Gasteiger charge is -2.50. The highest BCUT2D eigenvalue weighted by molar-refractivity contribution is 5.73. The summed E-state index contributed by atoms with van der Waals surface area (Å²) in [5, 5.41) is 0. The Morgan fingerprint density at radius 3 is 2.48 bits per heavy atom. The number of benzene rings is 2. The van der Waals surface area contributed by atoms with Crippen molar-refractivity contribution in [1.29, 1.82) is 0 Å². The topological polar surface area (TPSA) is 35.3 Å². The maximum absolute atomic E-state index is 6.17. The number of rotatable bonds is 3. The number of hydrogen-bond donors (Lipinski definition) is 0. The van der Waals surface area contributed by atoms with Gasteiger partial charge in [0.05, 0.1) is 7.11 Å². The van der Waals surface area contributed by atoms with Gasteiger partial charge in [-0.3, -0.25) is 0 Å². The smallest absolute Gasteiger partial charge is 0.198 e. The number of methoxy groups -OCH3 is 1. The normalized spacial score (nSPS) is 27.9. The second-order valence-corrected chi connectivity index (χ2v) is 7.74. The molecule has 6 rings (SSSR count). The Morgan fingerprint density at radius 2 is 1.72 bits per heavy atom. The zero-order valence-corrected chi connectivity index (χ0v) is 14.7. The van der Waals surface area contributed by atoms with E-state index < -0.39 is 0 Å². The third-order valence-electron chi connectivity index (χ3n) is 6.28. The zero-order chi connectivity index (χ0) is 17.0. The van der Waals surface area contributed by atoms with Crippen LogP contribution in [0.2, 0.25) is 0 Å². The molecule has 3 heteroatoms. The number of oxazole rings is 1. The van der Waals surface area contributed by atoms with Crippen molar-refractivity contribution in [2.75, 3.05) is 7.11 Å². The molecule has 3 aromatic rings. The SMILES string of the molecule is COc1ccc([C@@H]2C[C@H](c3nc4ccc(C)cc4o3)C3CC2C3)cc1. The van der Waals surface area contributed by atoms with Gasteiger partial charge in [-0.2, -0.15) is 0 Å². The molecule has 0 N–H and O–H groups in total. The molecule has 3 aliphatic rings. The number of aryl methyl sites for hydroxylation is 1. The van der Waals surface area contributed by atoms with Crippen LogP contribution in [0.25, 0.3) is 11.1 Å². The molecule has 0 saturated heterocycles. The van der Waals surface area contributed by atoms with Crippen LogP contribution in [0.3, 0.4) is 0 Å². The molecular formula is C22H23NO2. The van der Waals surface area contributed by atoms with Gasteiger partial charge in [-0.1, -0.05) is 18.2 Å². The highest BCUT2D eigenvalue weighted by Gasteiger charge is 2.48. The summed E-state index contributed by atoms with van der Waals surface area (Å²) in [6.45, 7) is 2.10. The molecule has 2 atom stereocenters. The van der Waals surface area contributed by atoms with E-state index in [1.54, 1.807) is 7.11 Å². The molecule has 3 nitrogen and oxygen atoms in total. The first-order valence-electron chi connectivity index (χ1n) is 9.22. The third-order valence-corrected chi connectivity index (χ3v) is 6.28. The van der Waals surface area contributed by atoms with Gasteiger partial charge in [-0.15, -0.1) is 0 Å². The van der Waals surface area contributed by atoms with Crippen LogP contribution in [0.1, 0.15) is 48.1 Å². The first-order chi connectivity index (χ1) is 12.2. The van der Waals surface area contributed by atoms with E-state index in [2.05, 4.69) is 49.4 Å². The first kappa shape index (κ1) is 15.0. The number of hydrogen-bond acceptors (Lipinski definition) is 3. The molecule has 3 fully saturated rings. The summed E-state index contributed by atoms with van der Waals surface area (Å²) in [4.78, 5) is 4.82. The van der Waals surface area contributed by atoms with Crippen molar-refractivity contribution in [1.82, 2.24) is 4.98 Å². The average Bonchev–Trinajstić information content (AvgIpc) is 3.03. The van der Waals surface area contributed by atoms with Crippen molar-refractivity contribution in [3.05, 3.63) is 59.5 Å². The highest BCUT2D eigenvalue weighted by atomic mass is 16.5. The van der Waals surface area contributed by atoms with Crippen LogP contribution in [0.5, 0.6) is 5.75 Å². The lowest BCUT2D eigenvalue weighted by molar-refractivity contribution is 0.0537. The van der Waals surface area contributed by atoms with Gasteiger partial charge >= 0.3 is 0 Å². The fourth-order valence-electron chi connectivity index (χ4n) is 4.79. The van der Waals surface area contributed by atoms with E-state index in [1.807, 2.05) is 0 Å². The van der Waals surface area contributed by atoms with Crippen LogP contribution < -0.4 is 4.74 Å². The summed E-state index contributed by atoms with van der Waals surface area (Å²) in [6.07, 6.45) is 3.76. The molecule has 0 radical (unpaired) electrons. The molecule has 1 aromatic heterocycles. The molecule has 1 heterocycles. The van der Waals surface area contributed by atoms with Crippen molar-refractivity contribution in [3.63, 3.8) is 0 Å². The number of fused-ring (bicyclic) bond motifs is 3. The van der Waals surface area contributed by atoms with Gasteiger partial charge < -0.3 is 9.15 Å². The maximum Gasteiger partial charge on any atom is 0.198 e. The van der Waals surface area contributed by atoms with Gasteiger partial charge in [0.2, 0.25) is 0 Å². The van der Waals surface area contributed by atoms with E-state index in [-0.39, 0.29) is 0 Å². The monoisotopic (exact) mass is 333 g/mol. The van der Waals surface area contributed by atoms with E-state index in [9.17, 15) is 0 Å². The molecule has 0 spiro atoms. The summed E-state index contributed by atoms with van der Waals surface area (Å²) >= 11 is 0. The third kappa shape index (κ3) is 2.45. The predicted octanol–water partition coefficient (Wildman–Crippen LogP) is 5.44. The molecule has 2 bridgehead atoms. The molecule has 0 unspecified atom stereocenters. The van der Waals surface area contributed by atoms with E-state index >= 15 is 0 Å². The number of aromatic nitrogens is 1. The standard InChI is InChI=1S/C22H23NO2/c1-13-3-8-20-21(9-13)25-22(23-20)19-12-18(15-10-16(19)11-15)14-4-6-17(24-2)7-5-14/h3-9,15-16,18-19H,10-12H2,1-2H3/t15?,16?,18-,19-/m0/s1. The van der Waals surface area contributed by atoms with E-state index in [4.69, 9.17) is 14.1 Å².